The third-order valence-electron chi connectivity index (χ3n) is 7.88. The van der Waals surface area contributed by atoms with Crippen molar-refractivity contribution in [1.29, 1.82) is 0 Å². The number of fused-ring (bicyclic) bond motifs is 2. The van der Waals surface area contributed by atoms with E-state index in [1.807, 2.05) is 19.2 Å². The van der Waals surface area contributed by atoms with Crippen molar-refractivity contribution in [3.8, 4) is 10.6 Å². The maximum atomic E-state index is 10.8. The van der Waals surface area contributed by atoms with E-state index in [1.165, 1.54) is 12.8 Å². The summed E-state index contributed by atoms with van der Waals surface area (Å²) in [5, 5.41) is 39.0. The minimum atomic E-state index is -1.43. The second-order valence-corrected chi connectivity index (χ2v) is 11.4. The smallest absolute Gasteiger partial charge is 0.225 e. The molecule has 10 heteroatoms. The van der Waals surface area contributed by atoms with Crippen molar-refractivity contribution in [1.82, 2.24) is 19.9 Å². The van der Waals surface area contributed by atoms with Gasteiger partial charge in [-0.3, -0.25) is 4.98 Å². The van der Waals surface area contributed by atoms with Gasteiger partial charge < -0.3 is 26.0 Å². The predicted octanol–water partition coefficient (Wildman–Crippen LogP) is 2.89. The number of hydrogen-bond acceptors (Lipinski definition) is 10. The number of pyridine rings is 1. The van der Waals surface area contributed by atoms with Crippen LogP contribution in [0.15, 0.2) is 12.3 Å². The van der Waals surface area contributed by atoms with E-state index in [-0.39, 0.29) is 12.0 Å². The molecule has 0 spiro atoms. The van der Waals surface area contributed by atoms with Gasteiger partial charge in [0.15, 0.2) is 0 Å². The Balaban J connectivity index is 1.40. The van der Waals surface area contributed by atoms with E-state index in [4.69, 9.17) is 15.0 Å². The van der Waals surface area contributed by atoms with Crippen LogP contribution < -0.4 is 10.6 Å². The number of thiazole rings is 1. The Morgan fingerprint density at radius 2 is 2.00 bits per heavy atom. The number of aliphatic hydroxyl groups excluding tert-OH is 2. The number of nitrogens with one attached hydrogen (secondary N) is 2. The first kappa shape index (κ1) is 23.0. The maximum Gasteiger partial charge on any atom is 0.225 e. The van der Waals surface area contributed by atoms with Crippen LogP contribution in [0, 0.1) is 18.8 Å². The molecule has 0 saturated heterocycles. The fourth-order valence-electron chi connectivity index (χ4n) is 5.55. The Morgan fingerprint density at radius 3 is 2.69 bits per heavy atom. The van der Waals surface area contributed by atoms with Gasteiger partial charge in [0, 0.05) is 18.2 Å². The first-order chi connectivity index (χ1) is 16.8. The Morgan fingerprint density at radius 1 is 1.20 bits per heavy atom. The third-order valence-corrected chi connectivity index (χ3v) is 8.92. The molecule has 5 N–H and O–H groups in total. The molecule has 0 bridgehead atoms. The van der Waals surface area contributed by atoms with Gasteiger partial charge in [0.25, 0.3) is 0 Å². The third kappa shape index (κ3) is 3.78. The molecule has 0 aromatic carbocycles. The first-order valence-electron chi connectivity index (χ1n) is 12.6. The number of anilines is 2. The highest BCUT2D eigenvalue weighted by Gasteiger charge is 2.74. The maximum absolute atomic E-state index is 10.8. The second-order valence-electron chi connectivity index (χ2n) is 10.4. The lowest BCUT2D eigenvalue weighted by atomic mass is 10.1. The molecule has 0 amide bonds. The Bertz CT molecular complexity index is 1280. The first-order valence-corrected chi connectivity index (χ1v) is 13.4. The van der Waals surface area contributed by atoms with Gasteiger partial charge in [-0.25, -0.2) is 9.97 Å². The number of hydrogen-bond donors (Lipinski definition) is 5. The van der Waals surface area contributed by atoms with Crippen LogP contribution in [0.2, 0.25) is 0 Å². The summed E-state index contributed by atoms with van der Waals surface area (Å²) in [5.74, 6) is 1.44. The summed E-state index contributed by atoms with van der Waals surface area (Å²) in [5.41, 5.74) is 2.04. The highest BCUT2D eigenvalue weighted by molar-refractivity contribution is 7.21. The van der Waals surface area contributed by atoms with Crippen LogP contribution in [-0.4, -0.2) is 65.1 Å². The lowest BCUT2D eigenvalue weighted by molar-refractivity contribution is -0.0262. The summed E-state index contributed by atoms with van der Waals surface area (Å²) in [4.78, 5) is 19.1. The number of aliphatic hydroxyl groups is 3. The molecule has 6 rings (SSSR count). The van der Waals surface area contributed by atoms with Crippen molar-refractivity contribution in [2.75, 3.05) is 10.6 Å². The van der Waals surface area contributed by atoms with Crippen molar-refractivity contribution in [2.24, 2.45) is 11.8 Å². The molecule has 3 fully saturated rings. The van der Waals surface area contributed by atoms with Crippen LogP contribution in [0.5, 0.6) is 0 Å². The van der Waals surface area contributed by atoms with Crippen molar-refractivity contribution < 1.29 is 15.3 Å². The SMILES string of the molecule is CCCc1nccc2sc(-c3c(C)nc(NC(C)C4CC4)nc3NC3CC4C(O)C4(O)C3O)nc12. The molecular weight excluding hydrogens is 464 g/mol. The molecule has 3 aliphatic carbocycles. The molecule has 0 radical (unpaired) electrons. The van der Waals surface area contributed by atoms with Gasteiger partial charge in [-0.1, -0.05) is 13.3 Å². The number of aromatic nitrogens is 4. The van der Waals surface area contributed by atoms with Gasteiger partial charge in [0.1, 0.15) is 28.0 Å². The summed E-state index contributed by atoms with van der Waals surface area (Å²) >= 11 is 1.58. The number of aryl methyl sites for hydroxylation is 2. The van der Waals surface area contributed by atoms with E-state index in [0.29, 0.717) is 24.1 Å². The van der Waals surface area contributed by atoms with Gasteiger partial charge in [-0.15, -0.1) is 11.3 Å². The molecule has 3 aliphatic rings. The molecule has 186 valence electrons. The van der Waals surface area contributed by atoms with Gasteiger partial charge in [0.05, 0.1) is 33.8 Å². The monoisotopic (exact) mass is 496 g/mol. The normalized spacial score (nSPS) is 30.3. The van der Waals surface area contributed by atoms with E-state index in [9.17, 15) is 15.3 Å². The Kier molecular flexibility index (Phi) is 5.48. The zero-order valence-electron chi connectivity index (χ0n) is 20.2. The zero-order valence-corrected chi connectivity index (χ0v) is 21.0. The van der Waals surface area contributed by atoms with Gasteiger partial charge in [-0.2, -0.15) is 4.98 Å². The summed E-state index contributed by atoms with van der Waals surface area (Å²) < 4.78 is 1.06. The summed E-state index contributed by atoms with van der Waals surface area (Å²) in [7, 11) is 0. The number of nitrogens with zero attached hydrogens (tertiary/aromatic N) is 4. The molecular formula is C25H32N6O3S. The van der Waals surface area contributed by atoms with Gasteiger partial charge >= 0.3 is 0 Å². The minimum Gasteiger partial charge on any atom is -0.390 e. The predicted molar refractivity (Wildman–Crippen MR) is 135 cm³/mol. The molecule has 0 aliphatic heterocycles. The second kappa shape index (κ2) is 8.33. The molecule has 3 saturated carbocycles. The standard InChI is InChI=1S/C25H32N6O3S/c1-4-5-15-19-17(8-9-26-15)35-23(30-19)18-12(3)28-24(27-11(2)13-6-7-13)31-22(18)29-16-10-14-20(32)25(14,34)21(16)33/h8-9,11,13-14,16,20-21,32-34H,4-7,10H2,1-3H3,(H2,27,28,29,31). The van der Waals surface area contributed by atoms with Crippen LogP contribution in [0.25, 0.3) is 20.8 Å². The molecule has 6 atom stereocenters. The fraction of sp³-hybridized carbons (Fsp3) is 0.600. The summed E-state index contributed by atoms with van der Waals surface area (Å²) in [6.07, 6.45) is 4.63. The van der Waals surface area contributed by atoms with Crippen molar-refractivity contribution in [3.63, 3.8) is 0 Å². The fourth-order valence-corrected chi connectivity index (χ4v) is 6.63. The highest BCUT2D eigenvalue weighted by atomic mass is 32.1. The summed E-state index contributed by atoms with van der Waals surface area (Å²) in [6.45, 7) is 6.23. The molecule has 3 heterocycles. The minimum absolute atomic E-state index is 0.277. The van der Waals surface area contributed by atoms with Crippen LogP contribution in [0.3, 0.4) is 0 Å². The molecule has 3 aromatic heterocycles. The van der Waals surface area contributed by atoms with Gasteiger partial charge in [-0.05, 0) is 51.5 Å². The van der Waals surface area contributed by atoms with E-state index in [1.54, 1.807) is 11.3 Å². The summed E-state index contributed by atoms with van der Waals surface area (Å²) in [6, 6.07) is 1.83. The van der Waals surface area contributed by atoms with Crippen LogP contribution >= 0.6 is 11.3 Å². The Hall–Kier alpha value is -2.40. The molecule has 3 aromatic rings. The van der Waals surface area contributed by atoms with Crippen LogP contribution in [-0.2, 0) is 6.42 Å². The van der Waals surface area contributed by atoms with Crippen molar-refractivity contribution >= 4 is 33.3 Å². The number of rotatable bonds is 8. The van der Waals surface area contributed by atoms with Crippen LogP contribution in [0.4, 0.5) is 11.8 Å². The molecule has 9 nitrogen and oxygen atoms in total. The van der Waals surface area contributed by atoms with Gasteiger partial charge in [0.2, 0.25) is 5.95 Å². The van der Waals surface area contributed by atoms with E-state index < -0.39 is 23.9 Å². The Labute approximate surface area is 208 Å². The van der Waals surface area contributed by atoms with Crippen molar-refractivity contribution in [2.45, 2.75) is 82.8 Å². The lowest BCUT2D eigenvalue weighted by Crippen LogP contribution is -2.42. The molecule has 35 heavy (non-hydrogen) atoms. The van der Waals surface area contributed by atoms with Crippen LogP contribution in [0.1, 0.15) is 50.9 Å². The largest absolute Gasteiger partial charge is 0.390 e. The van der Waals surface area contributed by atoms with E-state index in [2.05, 4.69) is 29.5 Å². The van der Waals surface area contributed by atoms with E-state index >= 15 is 0 Å². The average molecular weight is 497 g/mol. The van der Waals surface area contributed by atoms with E-state index in [0.717, 1.165) is 45.0 Å². The highest BCUT2D eigenvalue weighted by Crippen LogP contribution is 2.56. The zero-order chi connectivity index (χ0) is 24.5. The quantitative estimate of drug-likeness (QED) is 0.319. The average Bonchev–Trinajstić information content (AvgIpc) is 3.67. The van der Waals surface area contributed by atoms with Crippen molar-refractivity contribution in [3.05, 3.63) is 23.7 Å². The molecule has 6 unspecified atom stereocenters. The lowest BCUT2D eigenvalue weighted by Gasteiger charge is -2.25. The topological polar surface area (TPSA) is 136 Å².